The van der Waals surface area contributed by atoms with E-state index < -0.39 is 28.2 Å². The van der Waals surface area contributed by atoms with Crippen LogP contribution in [0.5, 0.6) is 0 Å². The molecule has 2 aromatic carbocycles. The van der Waals surface area contributed by atoms with Crippen molar-refractivity contribution in [2.45, 2.75) is 30.3 Å². The van der Waals surface area contributed by atoms with Crippen LogP contribution in [0.4, 0.5) is 17.6 Å². The Bertz CT molecular complexity index is 777. The number of benzene rings is 2. The highest BCUT2D eigenvalue weighted by atomic mass is 32.2. The minimum absolute atomic E-state index is 0.110. The lowest BCUT2D eigenvalue weighted by atomic mass is 10.1. The van der Waals surface area contributed by atoms with E-state index in [0.29, 0.717) is 24.2 Å². The average molecular weight is 368 g/mol. The van der Waals surface area contributed by atoms with E-state index in [1.165, 1.54) is 0 Å². The number of hydrogen-bond acceptors (Lipinski definition) is 3. The summed E-state index contributed by atoms with van der Waals surface area (Å²) < 4.78 is 56.4. The SMILES string of the molecule is C=C(N)c1ccc(CN(Sc2c(F)c(F)cc(F)c2F)C2CC2)cc1. The number of hydrogen-bond donors (Lipinski definition) is 1. The lowest BCUT2D eigenvalue weighted by Gasteiger charge is -2.21. The largest absolute Gasteiger partial charge is 0.399 e. The van der Waals surface area contributed by atoms with E-state index >= 15 is 0 Å². The van der Waals surface area contributed by atoms with E-state index in [0.717, 1.165) is 24.0 Å². The highest BCUT2D eigenvalue weighted by molar-refractivity contribution is 7.97. The molecule has 0 bridgehead atoms. The van der Waals surface area contributed by atoms with Crippen LogP contribution in [0.3, 0.4) is 0 Å². The van der Waals surface area contributed by atoms with Crippen molar-refractivity contribution in [1.82, 2.24) is 4.31 Å². The topological polar surface area (TPSA) is 29.3 Å². The summed E-state index contributed by atoms with van der Waals surface area (Å²) in [5.74, 6) is -5.54. The fourth-order valence-corrected chi connectivity index (χ4v) is 3.51. The summed E-state index contributed by atoms with van der Waals surface area (Å²) in [7, 11) is 0. The third-order valence-corrected chi connectivity index (χ3v) is 5.10. The summed E-state index contributed by atoms with van der Waals surface area (Å²) in [6, 6.07) is 7.60. The summed E-state index contributed by atoms with van der Waals surface area (Å²) in [5, 5.41) is 0. The molecule has 2 nitrogen and oxygen atoms in total. The van der Waals surface area contributed by atoms with Crippen LogP contribution in [-0.4, -0.2) is 10.3 Å². The van der Waals surface area contributed by atoms with Crippen LogP contribution >= 0.6 is 11.9 Å². The van der Waals surface area contributed by atoms with Gasteiger partial charge >= 0.3 is 0 Å². The lowest BCUT2D eigenvalue weighted by molar-refractivity contribution is 0.415. The Hall–Kier alpha value is -1.99. The average Bonchev–Trinajstić information content (AvgIpc) is 3.41. The molecule has 2 N–H and O–H groups in total. The highest BCUT2D eigenvalue weighted by Gasteiger charge is 2.32. The zero-order valence-electron chi connectivity index (χ0n) is 13.2. The molecule has 0 amide bonds. The molecule has 0 radical (unpaired) electrons. The molecule has 0 aliphatic heterocycles. The van der Waals surface area contributed by atoms with Gasteiger partial charge in [0, 0.05) is 24.4 Å². The number of nitrogens with zero attached hydrogens (tertiary/aromatic N) is 1. The first-order valence-corrected chi connectivity index (χ1v) is 8.45. The van der Waals surface area contributed by atoms with Crippen molar-refractivity contribution in [2.75, 3.05) is 0 Å². The number of halogens is 4. The fourth-order valence-electron chi connectivity index (χ4n) is 2.35. The highest BCUT2D eigenvalue weighted by Crippen LogP contribution is 2.39. The molecule has 1 aliphatic rings. The Morgan fingerprint density at radius 2 is 1.64 bits per heavy atom. The molecule has 0 unspecified atom stereocenters. The molecule has 7 heteroatoms. The van der Waals surface area contributed by atoms with Crippen molar-refractivity contribution in [3.63, 3.8) is 0 Å². The predicted molar refractivity (Wildman–Crippen MR) is 90.4 cm³/mol. The van der Waals surface area contributed by atoms with Crippen molar-refractivity contribution in [3.8, 4) is 0 Å². The lowest BCUT2D eigenvalue weighted by Crippen LogP contribution is -2.18. The van der Waals surface area contributed by atoms with Crippen molar-refractivity contribution in [3.05, 3.63) is 71.3 Å². The van der Waals surface area contributed by atoms with E-state index in [1.54, 1.807) is 16.4 Å². The first-order valence-electron chi connectivity index (χ1n) is 7.68. The molecule has 0 spiro atoms. The minimum Gasteiger partial charge on any atom is -0.399 e. The first-order chi connectivity index (χ1) is 11.9. The molecule has 25 heavy (non-hydrogen) atoms. The van der Waals surface area contributed by atoms with E-state index in [2.05, 4.69) is 6.58 Å². The molecule has 1 fully saturated rings. The Kier molecular flexibility index (Phi) is 5.06. The second-order valence-electron chi connectivity index (χ2n) is 5.92. The Balaban J connectivity index is 1.82. The summed E-state index contributed by atoms with van der Waals surface area (Å²) >= 11 is 0.707. The maximum absolute atomic E-state index is 13.9. The van der Waals surface area contributed by atoms with Crippen LogP contribution in [0, 0.1) is 23.3 Å². The van der Waals surface area contributed by atoms with Crippen LogP contribution in [-0.2, 0) is 6.54 Å². The fraction of sp³-hybridized carbons (Fsp3) is 0.222. The third-order valence-electron chi connectivity index (χ3n) is 3.90. The van der Waals surface area contributed by atoms with Crippen molar-refractivity contribution < 1.29 is 17.6 Å². The van der Waals surface area contributed by atoms with Gasteiger partial charge in [0.15, 0.2) is 23.3 Å². The van der Waals surface area contributed by atoms with Gasteiger partial charge in [-0.15, -0.1) is 0 Å². The zero-order valence-corrected chi connectivity index (χ0v) is 14.1. The second-order valence-corrected chi connectivity index (χ2v) is 6.98. The van der Waals surface area contributed by atoms with Crippen LogP contribution in [0.2, 0.25) is 0 Å². The molecule has 132 valence electrons. The van der Waals surface area contributed by atoms with E-state index in [-0.39, 0.29) is 12.1 Å². The van der Waals surface area contributed by atoms with Crippen LogP contribution in [0.1, 0.15) is 24.0 Å². The minimum atomic E-state index is -1.40. The summed E-state index contributed by atoms with van der Waals surface area (Å²) in [5.41, 5.74) is 7.75. The summed E-state index contributed by atoms with van der Waals surface area (Å²) in [4.78, 5) is -0.656. The molecule has 1 aliphatic carbocycles. The molecule has 0 atom stereocenters. The molecule has 3 rings (SSSR count). The van der Waals surface area contributed by atoms with Crippen molar-refractivity contribution >= 4 is 17.6 Å². The Labute approximate surface area is 147 Å². The van der Waals surface area contributed by atoms with Gasteiger partial charge in [-0.3, -0.25) is 0 Å². The summed E-state index contributed by atoms with van der Waals surface area (Å²) in [6.45, 7) is 4.03. The molecule has 0 saturated heterocycles. The van der Waals surface area contributed by atoms with Crippen molar-refractivity contribution in [1.29, 1.82) is 0 Å². The van der Waals surface area contributed by atoms with Gasteiger partial charge < -0.3 is 5.73 Å². The van der Waals surface area contributed by atoms with Gasteiger partial charge in [0.2, 0.25) is 0 Å². The smallest absolute Gasteiger partial charge is 0.176 e. The van der Waals surface area contributed by atoms with Crippen LogP contribution < -0.4 is 5.73 Å². The molecule has 2 aromatic rings. The molecular weight excluding hydrogens is 352 g/mol. The Morgan fingerprint density at radius 1 is 1.08 bits per heavy atom. The van der Waals surface area contributed by atoms with Crippen molar-refractivity contribution in [2.24, 2.45) is 5.73 Å². The van der Waals surface area contributed by atoms with Gasteiger partial charge in [-0.1, -0.05) is 30.8 Å². The van der Waals surface area contributed by atoms with Gasteiger partial charge in [0.05, 0.1) is 0 Å². The van der Waals surface area contributed by atoms with Gasteiger partial charge in [-0.25, -0.2) is 21.9 Å². The quantitative estimate of drug-likeness (QED) is 0.449. The van der Waals surface area contributed by atoms with E-state index in [9.17, 15) is 17.6 Å². The molecule has 0 heterocycles. The molecule has 0 aromatic heterocycles. The number of nitrogens with two attached hydrogens (primary N) is 1. The summed E-state index contributed by atoms with van der Waals surface area (Å²) in [6.07, 6.45) is 1.73. The van der Waals surface area contributed by atoms with Crippen LogP contribution in [0.15, 0.2) is 41.8 Å². The Morgan fingerprint density at radius 3 is 2.12 bits per heavy atom. The second kappa shape index (κ2) is 7.09. The maximum Gasteiger partial charge on any atom is 0.176 e. The van der Waals surface area contributed by atoms with Gasteiger partial charge in [-0.2, -0.15) is 0 Å². The van der Waals surface area contributed by atoms with Gasteiger partial charge in [0.25, 0.3) is 0 Å². The first kappa shape index (κ1) is 17.8. The van der Waals surface area contributed by atoms with E-state index in [1.807, 2.05) is 12.1 Å². The predicted octanol–water partition coefficient (Wildman–Crippen LogP) is 4.84. The third kappa shape index (κ3) is 3.99. The molecule has 1 saturated carbocycles. The standard InChI is InChI=1S/C18H16F4N2S/c1-10(23)12-4-2-11(3-5-12)9-24(13-6-7-13)25-18-16(21)14(19)8-15(20)17(18)22/h2-5,8,13H,1,6-7,9,23H2. The monoisotopic (exact) mass is 368 g/mol. The van der Waals surface area contributed by atoms with E-state index in [4.69, 9.17) is 5.73 Å². The maximum atomic E-state index is 13.9. The normalized spacial score (nSPS) is 14.1. The van der Waals surface area contributed by atoms with Gasteiger partial charge in [0.1, 0.15) is 4.90 Å². The number of rotatable bonds is 6. The van der Waals surface area contributed by atoms with Crippen LogP contribution in [0.25, 0.3) is 5.70 Å². The molecular formula is C18H16F4N2S. The van der Waals surface area contributed by atoms with Gasteiger partial charge in [-0.05, 0) is 35.9 Å². The zero-order chi connectivity index (χ0) is 18.1.